The highest BCUT2D eigenvalue weighted by Crippen LogP contribution is 2.18. The zero-order chi connectivity index (χ0) is 13.8. The van der Waals surface area contributed by atoms with E-state index in [9.17, 15) is 0 Å². The second-order valence-corrected chi connectivity index (χ2v) is 6.62. The molecule has 1 atom stereocenters. The minimum absolute atomic E-state index is 0.208. The lowest BCUT2D eigenvalue weighted by atomic mass is 9.89. The predicted octanol–water partition coefficient (Wildman–Crippen LogP) is 3.01. The summed E-state index contributed by atoms with van der Waals surface area (Å²) >= 11 is 0. The fraction of sp³-hybridized carbons (Fsp3) is 0.800. The van der Waals surface area contributed by atoms with Crippen molar-refractivity contribution < 1.29 is 0 Å². The van der Waals surface area contributed by atoms with Crippen molar-refractivity contribution in [2.45, 2.75) is 53.0 Å². The average molecular weight is 251 g/mol. The van der Waals surface area contributed by atoms with Crippen LogP contribution in [0.15, 0.2) is 12.3 Å². The Bertz CT molecular complexity index is 347. The van der Waals surface area contributed by atoms with Gasteiger partial charge < -0.3 is 5.32 Å². The number of aryl methyl sites for hydroxylation is 2. The van der Waals surface area contributed by atoms with Crippen LogP contribution in [-0.4, -0.2) is 21.9 Å². The summed E-state index contributed by atoms with van der Waals surface area (Å²) in [5, 5.41) is 7.85. The largest absolute Gasteiger partial charge is 0.312 e. The van der Waals surface area contributed by atoms with Crippen LogP contribution in [-0.2, 0) is 13.5 Å². The van der Waals surface area contributed by atoms with Gasteiger partial charge in [0.05, 0.1) is 0 Å². The first-order chi connectivity index (χ1) is 8.29. The highest BCUT2D eigenvalue weighted by Gasteiger charge is 2.17. The number of hydrogen-bond acceptors (Lipinski definition) is 2. The topological polar surface area (TPSA) is 29.9 Å². The molecule has 1 aromatic rings. The second-order valence-electron chi connectivity index (χ2n) is 6.62. The SMILES string of the molecule is CC(C)C(CCc1ccnn1C)CNC(C)(C)C. The lowest BCUT2D eigenvalue weighted by molar-refractivity contribution is 0.298. The van der Waals surface area contributed by atoms with E-state index < -0.39 is 0 Å². The van der Waals surface area contributed by atoms with Crippen LogP contribution in [0.25, 0.3) is 0 Å². The molecular weight excluding hydrogens is 222 g/mol. The van der Waals surface area contributed by atoms with E-state index >= 15 is 0 Å². The van der Waals surface area contributed by atoms with Gasteiger partial charge in [0, 0.05) is 24.5 Å². The van der Waals surface area contributed by atoms with Crippen molar-refractivity contribution in [3.63, 3.8) is 0 Å². The number of hydrogen-bond donors (Lipinski definition) is 1. The number of aromatic nitrogens is 2. The normalized spacial score (nSPS) is 14.2. The van der Waals surface area contributed by atoms with Gasteiger partial charge >= 0.3 is 0 Å². The molecule has 3 heteroatoms. The summed E-state index contributed by atoms with van der Waals surface area (Å²) in [6.07, 6.45) is 4.22. The molecule has 0 bridgehead atoms. The van der Waals surface area contributed by atoms with Crippen molar-refractivity contribution in [3.8, 4) is 0 Å². The summed E-state index contributed by atoms with van der Waals surface area (Å²) < 4.78 is 1.98. The summed E-state index contributed by atoms with van der Waals surface area (Å²) in [5.74, 6) is 1.44. The van der Waals surface area contributed by atoms with Gasteiger partial charge in [-0.3, -0.25) is 4.68 Å². The van der Waals surface area contributed by atoms with E-state index in [1.54, 1.807) is 0 Å². The summed E-state index contributed by atoms with van der Waals surface area (Å²) in [5.41, 5.74) is 1.54. The van der Waals surface area contributed by atoms with E-state index in [2.05, 4.69) is 51.1 Å². The summed E-state index contributed by atoms with van der Waals surface area (Å²) in [6, 6.07) is 2.12. The maximum Gasteiger partial charge on any atom is 0.0492 e. The third-order valence-electron chi connectivity index (χ3n) is 3.53. The van der Waals surface area contributed by atoms with Crippen LogP contribution in [0.1, 0.15) is 46.7 Å². The number of rotatable bonds is 6. The van der Waals surface area contributed by atoms with Crippen molar-refractivity contribution in [2.75, 3.05) is 6.54 Å². The van der Waals surface area contributed by atoms with E-state index in [0.29, 0.717) is 5.92 Å². The van der Waals surface area contributed by atoms with Crippen LogP contribution in [0, 0.1) is 11.8 Å². The van der Waals surface area contributed by atoms with Gasteiger partial charge in [0.15, 0.2) is 0 Å². The Hall–Kier alpha value is -0.830. The lowest BCUT2D eigenvalue weighted by Crippen LogP contribution is -2.40. The molecule has 1 N–H and O–H groups in total. The van der Waals surface area contributed by atoms with E-state index in [0.717, 1.165) is 18.9 Å². The van der Waals surface area contributed by atoms with Gasteiger partial charge in [0.2, 0.25) is 0 Å². The molecule has 0 saturated heterocycles. The Kier molecular flexibility index (Phi) is 5.39. The van der Waals surface area contributed by atoms with Crippen molar-refractivity contribution >= 4 is 0 Å². The molecule has 0 spiro atoms. The molecule has 0 amide bonds. The Labute approximate surface area is 112 Å². The van der Waals surface area contributed by atoms with Crippen molar-refractivity contribution in [3.05, 3.63) is 18.0 Å². The van der Waals surface area contributed by atoms with Crippen molar-refractivity contribution in [1.82, 2.24) is 15.1 Å². The Morgan fingerprint density at radius 1 is 1.33 bits per heavy atom. The maximum atomic E-state index is 4.23. The average Bonchev–Trinajstić information content (AvgIpc) is 2.62. The van der Waals surface area contributed by atoms with Crippen LogP contribution in [0.3, 0.4) is 0 Å². The summed E-state index contributed by atoms with van der Waals surface area (Å²) in [7, 11) is 2.02. The molecule has 0 aliphatic rings. The maximum absolute atomic E-state index is 4.23. The van der Waals surface area contributed by atoms with Crippen molar-refractivity contribution in [2.24, 2.45) is 18.9 Å². The van der Waals surface area contributed by atoms with Crippen LogP contribution >= 0.6 is 0 Å². The van der Waals surface area contributed by atoms with Gasteiger partial charge in [-0.2, -0.15) is 5.10 Å². The summed E-state index contributed by atoms with van der Waals surface area (Å²) in [6.45, 7) is 12.4. The monoisotopic (exact) mass is 251 g/mol. The van der Waals surface area contributed by atoms with Gasteiger partial charge in [0.1, 0.15) is 0 Å². The minimum Gasteiger partial charge on any atom is -0.312 e. The van der Waals surface area contributed by atoms with Crippen LogP contribution in [0.5, 0.6) is 0 Å². The molecule has 0 fully saturated rings. The predicted molar refractivity (Wildman–Crippen MR) is 77.6 cm³/mol. The third-order valence-corrected chi connectivity index (χ3v) is 3.53. The first-order valence-electron chi connectivity index (χ1n) is 7.01. The summed E-state index contributed by atoms with van der Waals surface area (Å²) in [4.78, 5) is 0. The number of nitrogens with zero attached hydrogens (tertiary/aromatic N) is 2. The smallest absolute Gasteiger partial charge is 0.0492 e. The molecule has 0 aromatic carbocycles. The van der Waals surface area contributed by atoms with Crippen LogP contribution in [0.2, 0.25) is 0 Å². The van der Waals surface area contributed by atoms with Gasteiger partial charge in [-0.1, -0.05) is 13.8 Å². The molecule has 1 rings (SSSR count). The molecule has 1 heterocycles. The van der Waals surface area contributed by atoms with Gasteiger partial charge in [-0.25, -0.2) is 0 Å². The fourth-order valence-corrected chi connectivity index (χ4v) is 2.09. The van der Waals surface area contributed by atoms with E-state index in [1.807, 2.05) is 17.9 Å². The molecule has 104 valence electrons. The number of nitrogens with one attached hydrogen (secondary N) is 1. The molecule has 0 aliphatic carbocycles. The Morgan fingerprint density at radius 2 is 2.00 bits per heavy atom. The second kappa shape index (κ2) is 6.37. The molecule has 3 nitrogen and oxygen atoms in total. The standard InChI is InChI=1S/C15H29N3/c1-12(2)13(11-16-15(3,4)5)7-8-14-9-10-17-18(14)6/h9-10,12-13,16H,7-8,11H2,1-6H3. The molecule has 18 heavy (non-hydrogen) atoms. The molecule has 1 aromatic heterocycles. The van der Waals surface area contributed by atoms with Crippen LogP contribution in [0.4, 0.5) is 0 Å². The third kappa shape index (κ3) is 5.21. The molecular formula is C15H29N3. The van der Waals surface area contributed by atoms with Gasteiger partial charge in [-0.15, -0.1) is 0 Å². The van der Waals surface area contributed by atoms with E-state index in [-0.39, 0.29) is 5.54 Å². The first-order valence-corrected chi connectivity index (χ1v) is 7.01. The Morgan fingerprint density at radius 3 is 2.44 bits per heavy atom. The fourth-order valence-electron chi connectivity index (χ4n) is 2.09. The Balaban J connectivity index is 2.46. The molecule has 0 aliphatic heterocycles. The zero-order valence-electron chi connectivity index (χ0n) is 12.8. The molecule has 0 radical (unpaired) electrons. The molecule has 1 unspecified atom stereocenters. The highest BCUT2D eigenvalue weighted by molar-refractivity contribution is 5.00. The lowest BCUT2D eigenvalue weighted by Gasteiger charge is -2.27. The van der Waals surface area contributed by atoms with Crippen LogP contribution < -0.4 is 5.32 Å². The quantitative estimate of drug-likeness (QED) is 0.842. The van der Waals surface area contributed by atoms with E-state index in [4.69, 9.17) is 0 Å². The molecule has 0 saturated carbocycles. The minimum atomic E-state index is 0.208. The van der Waals surface area contributed by atoms with Gasteiger partial charge in [0.25, 0.3) is 0 Å². The van der Waals surface area contributed by atoms with Crippen molar-refractivity contribution in [1.29, 1.82) is 0 Å². The first kappa shape index (κ1) is 15.2. The van der Waals surface area contributed by atoms with Gasteiger partial charge in [-0.05, 0) is 58.1 Å². The van der Waals surface area contributed by atoms with E-state index in [1.165, 1.54) is 12.1 Å². The zero-order valence-corrected chi connectivity index (χ0v) is 12.8. The highest BCUT2D eigenvalue weighted by atomic mass is 15.2.